The summed E-state index contributed by atoms with van der Waals surface area (Å²) in [6.07, 6.45) is 1.23. The Hall–Kier alpha value is -4.71. The highest BCUT2D eigenvalue weighted by atomic mass is 16.6. The number of hydrogen-bond acceptors (Lipinski definition) is 6. The van der Waals surface area contributed by atoms with Crippen LogP contribution in [0.5, 0.6) is 0 Å². The molecule has 9 nitrogen and oxygen atoms in total. The largest absolute Gasteiger partial charge is 0.478 e. The van der Waals surface area contributed by atoms with Crippen LogP contribution in [0.15, 0.2) is 64.6 Å². The van der Waals surface area contributed by atoms with E-state index in [1.165, 1.54) is 36.4 Å². The lowest BCUT2D eigenvalue weighted by atomic mass is 10.1. The fourth-order valence-corrected chi connectivity index (χ4v) is 2.87. The maximum absolute atomic E-state index is 12.5. The number of non-ortho nitro benzene ring substituents is 1. The number of rotatable bonds is 6. The molecule has 0 saturated heterocycles. The lowest BCUT2D eigenvalue weighted by Gasteiger charge is -2.07. The average molecular weight is 417 g/mol. The van der Waals surface area contributed by atoms with E-state index in [2.05, 4.69) is 5.32 Å². The molecule has 0 aliphatic heterocycles. The minimum atomic E-state index is -1.22. The first-order chi connectivity index (χ1) is 14.8. The predicted molar refractivity (Wildman–Crippen MR) is 111 cm³/mol. The van der Waals surface area contributed by atoms with Gasteiger partial charge in [-0.2, -0.15) is 5.26 Å². The van der Waals surface area contributed by atoms with Crippen molar-refractivity contribution in [3.63, 3.8) is 0 Å². The van der Waals surface area contributed by atoms with E-state index in [1.807, 2.05) is 0 Å². The van der Waals surface area contributed by atoms with Gasteiger partial charge in [-0.25, -0.2) is 4.79 Å². The molecule has 1 amide bonds. The highest BCUT2D eigenvalue weighted by molar-refractivity contribution is 6.11. The van der Waals surface area contributed by atoms with Gasteiger partial charge in [0.25, 0.3) is 11.6 Å². The summed E-state index contributed by atoms with van der Waals surface area (Å²) in [6, 6.07) is 15.1. The molecule has 2 N–H and O–H groups in total. The number of hydrogen-bond donors (Lipinski definition) is 2. The first-order valence-electron chi connectivity index (χ1n) is 8.91. The van der Waals surface area contributed by atoms with Gasteiger partial charge in [0.05, 0.1) is 16.2 Å². The van der Waals surface area contributed by atoms with E-state index < -0.39 is 16.8 Å². The molecule has 0 aliphatic rings. The lowest BCUT2D eigenvalue weighted by molar-refractivity contribution is -0.384. The van der Waals surface area contributed by atoms with E-state index in [1.54, 1.807) is 37.3 Å². The van der Waals surface area contributed by atoms with Crippen LogP contribution < -0.4 is 5.32 Å². The number of carbonyl (C=O) groups excluding carboxylic acids is 1. The van der Waals surface area contributed by atoms with Crippen molar-refractivity contribution in [1.29, 1.82) is 5.26 Å². The molecule has 154 valence electrons. The fourth-order valence-electron chi connectivity index (χ4n) is 2.87. The summed E-state index contributed by atoms with van der Waals surface area (Å²) >= 11 is 0. The van der Waals surface area contributed by atoms with Crippen LogP contribution >= 0.6 is 0 Å². The van der Waals surface area contributed by atoms with E-state index in [9.17, 15) is 30.1 Å². The smallest absolute Gasteiger partial charge is 0.337 e. The van der Waals surface area contributed by atoms with E-state index in [0.717, 1.165) is 0 Å². The van der Waals surface area contributed by atoms with Crippen molar-refractivity contribution < 1.29 is 24.0 Å². The molecule has 9 heteroatoms. The minimum Gasteiger partial charge on any atom is -0.478 e. The first-order valence-corrected chi connectivity index (χ1v) is 8.91. The summed E-state index contributed by atoms with van der Waals surface area (Å²) in [5, 5.41) is 31.9. The first kappa shape index (κ1) is 21.0. The number of nitrogens with one attached hydrogen (secondary N) is 1. The van der Waals surface area contributed by atoms with Crippen molar-refractivity contribution in [3.8, 4) is 17.4 Å². The van der Waals surface area contributed by atoms with Gasteiger partial charge < -0.3 is 14.8 Å². The Morgan fingerprint density at radius 1 is 1.19 bits per heavy atom. The number of nitriles is 1. The third-order valence-corrected chi connectivity index (χ3v) is 4.37. The Kier molecular flexibility index (Phi) is 5.93. The molecule has 3 rings (SSSR count). The van der Waals surface area contributed by atoms with Crippen LogP contribution in [0.1, 0.15) is 21.7 Å². The van der Waals surface area contributed by atoms with Crippen LogP contribution in [-0.2, 0) is 4.79 Å². The Bertz CT molecular complexity index is 1270. The second-order valence-corrected chi connectivity index (χ2v) is 6.43. The number of nitro benzene ring substituents is 1. The Labute approximate surface area is 176 Å². The molecule has 2 aromatic carbocycles. The van der Waals surface area contributed by atoms with Gasteiger partial charge in [0.15, 0.2) is 0 Å². The van der Waals surface area contributed by atoms with Crippen LogP contribution in [0.2, 0.25) is 0 Å². The number of aryl methyl sites for hydroxylation is 1. The number of carbonyl (C=O) groups is 2. The van der Waals surface area contributed by atoms with Crippen molar-refractivity contribution in [2.45, 2.75) is 6.92 Å². The standard InChI is InChI=1S/C22H15N3O6/c1-13-10-15(25(29)30)6-8-17(13)20-9-7-16(31-20)11-14(12-23)21(26)24-19-5-3-2-4-18(19)22(27)28/h2-11H,1H3,(H,24,26)(H,27,28). The number of aromatic carboxylic acids is 1. The second-order valence-electron chi connectivity index (χ2n) is 6.43. The van der Waals surface area contributed by atoms with Crippen LogP contribution in [0.4, 0.5) is 11.4 Å². The molecule has 0 spiro atoms. The van der Waals surface area contributed by atoms with Crippen molar-refractivity contribution in [2.24, 2.45) is 0 Å². The van der Waals surface area contributed by atoms with Gasteiger partial charge >= 0.3 is 5.97 Å². The molecule has 0 atom stereocenters. The van der Waals surface area contributed by atoms with Crippen LogP contribution in [-0.4, -0.2) is 21.9 Å². The zero-order chi connectivity index (χ0) is 22.5. The molecule has 0 bridgehead atoms. The maximum atomic E-state index is 12.5. The molecule has 0 saturated carbocycles. The van der Waals surface area contributed by atoms with Crippen LogP contribution in [0.25, 0.3) is 17.4 Å². The molecule has 1 heterocycles. The summed E-state index contributed by atoms with van der Waals surface area (Å²) in [7, 11) is 0. The van der Waals surface area contributed by atoms with Crippen molar-refractivity contribution in [3.05, 3.63) is 87.2 Å². The number of nitrogens with zero attached hydrogens (tertiary/aromatic N) is 2. The number of benzene rings is 2. The summed E-state index contributed by atoms with van der Waals surface area (Å²) < 4.78 is 5.67. The number of amides is 1. The molecule has 31 heavy (non-hydrogen) atoms. The number of para-hydroxylation sites is 1. The normalized spacial score (nSPS) is 10.9. The second kappa shape index (κ2) is 8.75. The van der Waals surface area contributed by atoms with Crippen molar-refractivity contribution in [1.82, 2.24) is 0 Å². The van der Waals surface area contributed by atoms with Gasteiger partial charge in [-0.3, -0.25) is 14.9 Å². The zero-order valence-corrected chi connectivity index (χ0v) is 16.2. The molecular weight excluding hydrogens is 402 g/mol. The SMILES string of the molecule is Cc1cc([N+](=O)[O-])ccc1-c1ccc(C=C(C#N)C(=O)Nc2ccccc2C(=O)O)o1. The Balaban J connectivity index is 1.85. The van der Waals surface area contributed by atoms with Gasteiger partial charge in [-0.1, -0.05) is 12.1 Å². The molecule has 0 aliphatic carbocycles. The van der Waals surface area contributed by atoms with Gasteiger partial charge in [-0.15, -0.1) is 0 Å². The molecule has 0 unspecified atom stereocenters. The highest BCUT2D eigenvalue weighted by Crippen LogP contribution is 2.29. The minimum absolute atomic E-state index is 0.0435. The average Bonchev–Trinajstić information content (AvgIpc) is 3.20. The molecule has 0 radical (unpaired) electrons. The number of anilines is 1. The third kappa shape index (κ3) is 4.65. The number of nitro groups is 1. The summed E-state index contributed by atoms with van der Waals surface area (Å²) in [5.41, 5.74) is 0.871. The van der Waals surface area contributed by atoms with Crippen LogP contribution in [0.3, 0.4) is 0 Å². The summed E-state index contributed by atoms with van der Waals surface area (Å²) in [6.45, 7) is 1.70. The highest BCUT2D eigenvalue weighted by Gasteiger charge is 2.16. The van der Waals surface area contributed by atoms with Crippen molar-refractivity contribution >= 4 is 29.3 Å². The Morgan fingerprint density at radius 2 is 1.94 bits per heavy atom. The fraction of sp³-hybridized carbons (Fsp3) is 0.0455. The van der Waals surface area contributed by atoms with E-state index in [-0.39, 0.29) is 28.3 Å². The quantitative estimate of drug-likeness (QED) is 0.261. The van der Waals surface area contributed by atoms with E-state index >= 15 is 0 Å². The van der Waals surface area contributed by atoms with Gasteiger partial charge in [0.2, 0.25) is 0 Å². The van der Waals surface area contributed by atoms with Gasteiger partial charge in [0, 0.05) is 23.8 Å². The summed E-state index contributed by atoms with van der Waals surface area (Å²) in [5.74, 6) is -1.38. The zero-order valence-electron chi connectivity index (χ0n) is 16.2. The molecular formula is C22H15N3O6. The van der Waals surface area contributed by atoms with E-state index in [4.69, 9.17) is 4.42 Å². The van der Waals surface area contributed by atoms with E-state index in [0.29, 0.717) is 16.9 Å². The number of furan rings is 1. The predicted octanol–water partition coefficient (Wildman–Crippen LogP) is 4.41. The Morgan fingerprint density at radius 3 is 2.58 bits per heavy atom. The maximum Gasteiger partial charge on any atom is 0.337 e. The van der Waals surface area contributed by atoms with Gasteiger partial charge in [0.1, 0.15) is 23.2 Å². The molecule has 0 fully saturated rings. The molecule has 3 aromatic rings. The van der Waals surface area contributed by atoms with Crippen LogP contribution in [0, 0.1) is 28.4 Å². The molecule has 1 aromatic heterocycles. The van der Waals surface area contributed by atoms with Gasteiger partial charge in [-0.05, 0) is 42.8 Å². The number of carboxylic acid groups (broad SMARTS) is 1. The monoisotopic (exact) mass is 417 g/mol. The van der Waals surface area contributed by atoms with Crippen molar-refractivity contribution in [2.75, 3.05) is 5.32 Å². The number of carboxylic acids is 1. The topological polar surface area (TPSA) is 146 Å². The summed E-state index contributed by atoms with van der Waals surface area (Å²) in [4.78, 5) is 34.1. The lowest BCUT2D eigenvalue weighted by Crippen LogP contribution is -2.16. The third-order valence-electron chi connectivity index (χ3n) is 4.37.